The normalized spacial score (nSPS) is 23.3. The number of ether oxygens (including phenoxy) is 6. The summed E-state index contributed by atoms with van der Waals surface area (Å²) in [6, 6.07) is 14.8. The summed E-state index contributed by atoms with van der Waals surface area (Å²) in [5, 5.41) is 38.5. The van der Waals surface area contributed by atoms with Gasteiger partial charge in [0.2, 0.25) is 12.6 Å². The van der Waals surface area contributed by atoms with E-state index in [0.717, 1.165) is 24.0 Å². The van der Waals surface area contributed by atoms with Crippen LogP contribution in [0.15, 0.2) is 90.1 Å². The maximum atomic E-state index is 15.0. The van der Waals surface area contributed by atoms with Crippen LogP contribution < -0.4 is 29.0 Å². The third kappa shape index (κ3) is 9.60. The summed E-state index contributed by atoms with van der Waals surface area (Å²) >= 11 is 0. The largest absolute Gasteiger partial charge is 0.459 e. The number of rotatable bonds is 19. The Morgan fingerprint density at radius 3 is 2.43 bits per heavy atom. The molecule has 2 amide bonds. The second kappa shape index (κ2) is 20.3. The third-order valence-electron chi connectivity index (χ3n) is 12.0. The average molecular weight is 871 g/mol. The van der Waals surface area contributed by atoms with E-state index in [1.807, 2.05) is 12.1 Å². The minimum atomic E-state index is -1.64. The number of nitro groups is 1. The molecule has 0 spiro atoms. The van der Waals surface area contributed by atoms with Gasteiger partial charge in [0.05, 0.1) is 23.2 Å². The van der Waals surface area contributed by atoms with Gasteiger partial charge < -0.3 is 48.8 Å². The number of non-ortho nitro benzene ring substituents is 1. The highest BCUT2D eigenvalue weighted by molar-refractivity contribution is 6.03. The summed E-state index contributed by atoms with van der Waals surface area (Å²) in [5.74, 6) is -0.911. The molecule has 0 aromatic heterocycles. The van der Waals surface area contributed by atoms with Crippen LogP contribution >= 0.6 is 0 Å². The number of oxime groups is 1. The summed E-state index contributed by atoms with van der Waals surface area (Å²) in [6.07, 6.45) is 6.56. The second-order valence-corrected chi connectivity index (χ2v) is 15.8. The molecule has 63 heavy (non-hydrogen) atoms. The van der Waals surface area contributed by atoms with Crippen molar-refractivity contribution in [3.05, 3.63) is 106 Å². The van der Waals surface area contributed by atoms with Crippen LogP contribution in [0.4, 0.5) is 15.3 Å². The molecule has 2 aliphatic carbocycles. The van der Waals surface area contributed by atoms with E-state index < -0.39 is 40.8 Å². The number of nitro benzene ring substituents is 1. The molecule has 17 heteroatoms. The van der Waals surface area contributed by atoms with Crippen LogP contribution in [0.5, 0.6) is 28.7 Å². The number of aliphatic hydroxyl groups excluding tert-OH is 2. The molecule has 7 rings (SSSR count). The predicted octanol–water partition coefficient (Wildman–Crippen LogP) is 7.40. The van der Waals surface area contributed by atoms with Gasteiger partial charge in [0.25, 0.3) is 5.69 Å². The number of nitrogens with zero attached hydrogens (tertiary/aromatic N) is 3. The van der Waals surface area contributed by atoms with Crippen molar-refractivity contribution >= 4 is 23.6 Å². The first-order valence-electron chi connectivity index (χ1n) is 21.3. The molecule has 3 aromatic rings. The van der Waals surface area contributed by atoms with E-state index in [9.17, 15) is 29.9 Å². The molecule has 3 aromatic carbocycles. The molecule has 0 radical (unpaired) electrons. The predicted molar refractivity (Wildman–Crippen MR) is 229 cm³/mol. The number of hydrogen-bond acceptors (Lipinski definition) is 14. The lowest BCUT2D eigenvalue weighted by atomic mass is 9.55. The van der Waals surface area contributed by atoms with Gasteiger partial charge in [0, 0.05) is 56.3 Å². The van der Waals surface area contributed by atoms with Gasteiger partial charge in [0.1, 0.15) is 30.4 Å². The molecular formula is C46H54N4O13. The van der Waals surface area contributed by atoms with E-state index in [-0.39, 0.29) is 62.9 Å². The number of aliphatic hydroxyl groups is 2. The van der Waals surface area contributed by atoms with Crippen molar-refractivity contribution in [3.63, 3.8) is 0 Å². The van der Waals surface area contributed by atoms with Crippen LogP contribution in [0.2, 0.25) is 0 Å². The monoisotopic (exact) mass is 870 g/mol. The molecule has 1 saturated carbocycles. The third-order valence-corrected chi connectivity index (χ3v) is 12.0. The zero-order valence-corrected chi connectivity index (χ0v) is 35.4. The molecule has 0 unspecified atom stereocenters. The number of amides is 2. The van der Waals surface area contributed by atoms with Crippen molar-refractivity contribution in [2.24, 2.45) is 22.9 Å². The molecule has 2 aliphatic heterocycles. The molecular weight excluding hydrogens is 817 g/mol. The number of carbonyl (C=O) groups is 2. The average Bonchev–Trinajstić information content (AvgIpc) is 3.75. The standard InChI is InChI=1S/C46H54N4O13/c1-4-22-60-46-41(49(27-29-12-18-39-40(23-29)59-28-58-39)45(54)62-32-15-13-31(14-16-32)50(55)56)26-37(48-57-3)35-24-30(10-6-8-20-51)34(11-7-9-21-52)42(43(35)46)36-25-33(17-19-38(36)63-46)61-44(53)47-5-2/h4,12-19,23-25,30,34,41-43,51-52H,1,5-11,20-22,26-28H2,2-3H3,(H,47,53)/t30-,34+,41-,42+,43+,46+/m0/s1. The second-order valence-electron chi connectivity index (χ2n) is 15.8. The molecule has 2 heterocycles. The van der Waals surface area contributed by atoms with Gasteiger partial charge in [-0.3, -0.25) is 15.0 Å². The zero-order chi connectivity index (χ0) is 44.5. The number of fused-ring (bicyclic) bond motifs is 3. The number of carbonyl (C=O) groups excluding carboxylic acids is 2. The topological polar surface area (TPSA) is 210 Å². The lowest BCUT2D eigenvalue weighted by Crippen LogP contribution is -2.70. The SMILES string of the molecule is C=CCO[C@@]12Oc3ccc(OC(=O)NCC)cc3[C@H]3[C@H](CCCCO)[C@@H](CCCCO)C=C(C(=NOC)C[C@@H]1N(Cc1ccc4c(c1)OCO4)C(=O)Oc1ccc([N+](=O)[O-])cc1)[C@H]32. The number of benzene rings is 3. The van der Waals surface area contributed by atoms with Crippen molar-refractivity contribution in [2.45, 2.75) is 76.2 Å². The Hall–Kier alpha value is -6.17. The Labute approximate surface area is 365 Å². The molecule has 0 bridgehead atoms. The van der Waals surface area contributed by atoms with Crippen LogP contribution in [-0.4, -0.2) is 90.0 Å². The molecule has 0 saturated heterocycles. The lowest BCUT2D eigenvalue weighted by molar-refractivity contribution is -0.384. The van der Waals surface area contributed by atoms with Crippen LogP contribution in [-0.2, 0) is 16.1 Å². The Morgan fingerprint density at radius 2 is 1.71 bits per heavy atom. The molecule has 1 fully saturated rings. The van der Waals surface area contributed by atoms with Crippen molar-refractivity contribution < 1.29 is 58.0 Å². The van der Waals surface area contributed by atoms with E-state index in [1.54, 1.807) is 37.3 Å². The Balaban J connectivity index is 1.43. The highest BCUT2D eigenvalue weighted by Crippen LogP contribution is 2.62. The number of nitrogens with one attached hydrogen (secondary N) is 1. The Kier molecular flexibility index (Phi) is 14.5. The fraction of sp³-hybridized carbons (Fsp3) is 0.457. The summed E-state index contributed by atoms with van der Waals surface area (Å²) in [6.45, 7) is 6.24. The van der Waals surface area contributed by atoms with Gasteiger partial charge in [-0.15, -0.1) is 6.58 Å². The minimum Gasteiger partial charge on any atom is -0.459 e. The fourth-order valence-corrected chi connectivity index (χ4v) is 9.44. The molecule has 4 aliphatic rings. The molecule has 336 valence electrons. The Bertz CT molecular complexity index is 2200. The Morgan fingerprint density at radius 1 is 0.984 bits per heavy atom. The van der Waals surface area contributed by atoms with Crippen LogP contribution in [0.25, 0.3) is 0 Å². The first-order chi connectivity index (χ1) is 30.6. The number of allylic oxidation sites excluding steroid dienone is 1. The fourth-order valence-electron chi connectivity index (χ4n) is 9.44. The molecule has 17 nitrogen and oxygen atoms in total. The van der Waals surface area contributed by atoms with E-state index in [2.05, 4.69) is 23.1 Å². The minimum absolute atomic E-state index is 0.0157. The van der Waals surface area contributed by atoms with Gasteiger partial charge in [0.15, 0.2) is 11.5 Å². The van der Waals surface area contributed by atoms with Gasteiger partial charge in [-0.05, 0) is 98.0 Å². The number of hydrogen-bond donors (Lipinski definition) is 3. The molecule has 3 N–H and O–H groups in total. The number of unbranched alkanes of at least 4 members (excludes halogenated alkanes) is 2. The van der Waals surface area contributed by atoms with Crippen molar-refractivity contribution in [3.8, 4) is 28.7 Å². The highest BCUT2D eigenvalue weighted by Gasteiger charge is 2.65. The van der Waals surface area contributed by atoms with E-state index in [0.29, 0.717) is 66.5 Å². The van der Waals surface area contributed by atoms with E-state index >= 15 is 0 Å². The summed E-state index contributed by atoms with van der Waals surface area (Å²) in [7, 11) is 1.46. The van der Waals surface area contributed by atoms with Crippen LogP contribution in [0.3, 0.4) is 0 Å². The summed E-state index contributed by atoms with van der Waals surface area (Å²) in [5.41, 5.74) is 2.62. The van der Waals surface area contributed by atoms with Crippen LogP contribution in [0.1, 0.15) is 68.9 Å². The first-order valence-corrected chi connectivity index (χ1v) is 21.3. The van der Waals surface area contributed by atoms with Crippen molar-refractivity contribution in [1.29, 1.82) is 0 Å². The summed E-state index contributed by atoms with van der Waals surface area (Å²) < 4.78 is 37.4. The molecule has 6 atom stereocenters. The highest BCUT2D eigenvalue weighted by atomic mass is 16.7. The van der Waals surface area contributed by atoms with Crippen molar-refractivity contribution in [1.82, 2.24) is 10.2 Å². The van der Waals surface area contributed by atoms with Gasteiger partial charge in [-0.2, -0.15) is 0 Å². The zero-order valence-electron chi connectivity index (χ0n) is 35.4. The van der Waals surface area contributed by atoms with Gasteiger partial charge >= 0.3 is 12.2 Å². The van der Waals surface area contributed by atoms with Crippen molar-refractivity contribution in [2.75, 3.05) is 40.3 Å². The lowest BCUT2D eigenvalue weighted by Gasteiger charge is -2.59. The quantitative estimate of drug-likeness (QED) is 0.0465. The smallest absolute Gasteiger partial charge is 0.416 e. The van der Waals surface area contributed by atoms with E-state index in [4.69, 9.17) is 33.3 Å². The maximum Gasteiger partial charge on any atom is 0.416 e. The van der Waals surface area contributed by atoms with E-state index in [1.165, 1.54) is 36.3 Å². The van der Waals surface area contributed by atoms with Gasteiger partial charge in [-0.25, -0.2) is 9.59 Å². The van der Waals surface area contributed by atoms with Crippen LogP contribution in [0, 0.1) is 27.9 Å². The maximum absolute atomic E-state index is 15.0. The summed E-state index contributed by atoms with van der Waals surface area (Å²) in [4.78, 5) is 45.7. The first kappa shape index (κ1) is 44.9. The van der Waals surface area contributed by atoms with Gasteiger partial charge in [-0.1, -0.05) is 36.2 Å².